The number of ether oxygens (including phenoxy) is 1. The summed E-state index contributed by atoms with van der Waals surface area (Å²) in [4.78, 5) is 19.6. The molecule has 0 aliphatic heterocycles. The van der Waals surface area contributed by atoms with Crippen LogP contribution in [0.5, 0.6) is 5.75 Å². The summed E-state index contributed by atoms with van der Waals surface area (Å²) in [6.45, 7) is 0.363. The van der Waals surface area contributed by atoms with Crippen molar-refractivity contribution in [3.63, 3.8) is 0 Å². The summed E-state index contributed by atoms with van der Waals surface area (Å²) in [5.74, 6) is 0.781. The Labute approximate surface area is 155 Å². The number of imidazole rings is 1. The fourth-order valence-electron chi connectivity index (χ4n) is 3.05. The fourth-order valence-corrected chi connectivity index (χ4v) is 3.05. The van der Waals surface area contributed by atoms with Crippen LogP contribution in [-0.2, 0) is 6.54 Å². The number of aromatic amines is 1. The monoisotopic (exact) mass is 356 g/mol. The van der Waals surface area contributed by atoms with Gasteiger partial charge < -0.3 is 4.74 Å². The van der Waals surface area contributed by atoms with Gasteiger partial charge in [-0.1, -0.05) is 24.3 Å². The van der Waals surface area contributed by atoms with Gasteiger partial charge in [-0.25, -0.2) is 9.78 Å². The lowest BCUT2D eigenvalue weighted by Crippen LogP contribution is -2.17. The molecule has 0 saturated heterocycles. The van der Waals surface area contributed by atoms with E-state index < -0.39 is 0 Å². The minimum Gasteiger partial charge on any atom is -0.497 e. The standard InChI is InChI=1S/C21H16N4O2/c1-27-18-7-5-16(6-8-18)17-10-19-20(23-12-17)24-21(26)25(19)13-15-4-2-3-14(9-15)11-22/h2-10,12H,13H2,1H3,(H,23,24,26). The Hall–Kier alpha value is -3.85. The molecule has 6 nitrogen and oxygen atoms in total. The first kappa shape index (κ1) is 16.6. The van der Waals surface area contributed by atoms with Crippen molar-refractivity contribution in [1.82, 2.24) is 14.5 Å². The Morgan fingerprint density at radius 3 is 2.70 bits per heavy atom. The summed E-state index contributed by atoms with van der Waals surface area (Å²) in [5, 5.41) is 9.07. The largest absolute Gasteiger partial charge is 0.497 e. The second kappa shape index (κ2) is 6.81. The van der Waals surface area contributed by atoms with Crippen molar-refractivity contribution in [2.45, 2.75) is 6.54 Å². The molecule has 2 heterocycles. The highest BCUT2D eigenvalue weighted by Gasteiger charge is 2.11. The van der Waals surface area contributed by atoms with Gasteiger partial charge in [0.25, 0.3) is 0 Å². The molecule has 4 aromatic rings. The van der Waals surface area contributed by atoms with E-state index in [9.17, 15) is 4.79 Å². The van der Waals surface area contributed by atoms with Crippen molar-refractivity contribution in [3.8, 4) is 22.9 Å². The summed E-state index contributed by atoms with van der Waals surface area (Å²) >= 11 is 0. The van der Waals surface area contributed by atoms with Gasteiger partial charge in [-0.05, 0) is 41.5 Å². The Kier molecular flexibility index (Phi) is 4.19. The third kappa shape index (κ3) is 3.18. The number of pyridine rings is 1. The van der Waals surface area contributed by atoms with E-state index in [2.05, 4.69) is 16.0 Å². The molecule has 6 heteroatoms. The Bertz CT molecular complexity index is 1210. The molecule has 0 atom stereocenters. The van der Waals surface area contributed by atoms with Gasteiger partial charge in [0, 0.05) is 11.8 Å². The van der Waals surface area contributed by atoms with Gasteiger partial charge in [0.15, 0.2) is 5.65 Å². The van der Waals surface area contributed by atoms with Crippen molar-refractivity contribution < 1.29 is 4.74 Å². The number of H-pyrrole nitrogens is 1. The van der Waals surface area contributed by atoms with E-state index >= 15 is 0 Å². The summed E-state index contributed by atoms with van der Waals surface area (Å²) in [6.07, 6.45) is 1.74. The molecular weight excluding hydrogens is 340 g/mol. The van der Waals surface area contributed by atoms with Crippen LogP contribution in [0.2, 0.25) is 0 Å². The van der Waals surface area contributed by atoms with Crippen LogP contribution in [0.15, 0.2) is 65.6 Å². The first-order chi connectivity index (χ1) is 13.2. The predicted molar refractivity (Wildman–Crippen MR) is 103 cm³/mol. The number of nitriles is 1. The summed E-state index contributed by atoms with van der Waals surface area (Å²) < 4.78 is 6.82. The molecule has 132 valence electrons. The lowest BCUT2D eigenvalue weighted by molar-refractivity contribution is 0.415. The number of nitrogens with one attached hydrogen (secondary N) is 1. The van der Waals surface area contributed by atoms with Crippen molar-refractivity contribution in [3.05, 3.63) is 82.4 Å². The third-order valence-corrected chi connectivity index (χ3v) is 4.45. The fraction of sp³-hybridized carbons (Fsp3) is 0.0952. The maximum absolute atomic E-state index is 12.4. The van der Waals surface area contributed by atoms with Gasteiger partial charge in [-0.2, -0.15) is 5.26 Å². The molecule has 0 amide bonds. The zero-order chi connectivity index (χ0) is 18.8. The molecule has 0 unspecified atom stereocenters. The first-order valence-electron chi connectivity index (χ1n) is 8.40. The smallest absolute Gasteiger partial charge is 0.327 e. The van der Waals surface area contributed by atoms with Gasteiger partial charge in [0.2, 0.25) is 0 Å². The number of aromatic nitrogens is 3. The molecule has 27 heavy (non-hydrogen) atoms. The molecule has 0 spiro atoms. The van der Waals surface area contributed by atoms with Crippen molar-refractivity contribution in [2.75, 3.05) is 7.11 Å². The average Bonchev–Trinajstić information content (AvgIpc) is 3.02. The summed E-state index contributed by atoms with van der Waals surface area (Å²) in [5.41, 5.74) is 4.36. The van der Waals surface area contributed by atoms with E-state index in [1.165, 1.54) is 0 Å². The normalized spacial score (nSPS) is 10.7. The molecule has 2 aromatic heterocycles. The van der Waals surface area contributed by atoms with E-state index in [-0.39, 0.29) is 5.69 Å². The number of benzene rings is 2. The van der Waals surface area contributed by atoms with Crippen LogP contribution in [-0.4, -0.2) is 21.6 Å². The van der Waals surface area contributed by atoms with Crippen LogP contribution in [0.25, 0.3) is 22.3 Å². The quantitative estimate of drug-likeness (QED) is 0.608. The third-order valence-electron chi connectivity index (χ3n) is 4.45. The highest BCUT2D eigenvalue weighted by Crippen LogP contribution is 2.24. The molecule has 0 fully saturated rings. The van der Waals surface area contributed by atoms with Gasteiger partial charge in [-0.15, -0.1) is 0 Å². The van der Waals surface area contributed by atoms with Crippen LogP contribution in [0, 0.1) is 11.3 Å². The predicted octanol–water partition coefficient (Wildman–Crippen LogP) is 3.32. The molecule has 0 aliphatic carbocycles. The number of methoxy groups -OCH3 is 1. The maximum atomic E-state index is 12.4. The molecule has 0 bridgehead atoms. The molecule has 4 rings (SSSR count). The second-order valence-electron chi connectivity index (χ2n) is 6.15. The van der Waals surface area contributed by atoms with Crippen molar-refractivity contribution in [2.24, 2.45) is 0 Å². The molecule has 1 N–H and O–H groups in total. The lowest BCUT2D eigenvalue weighted by atomic mass is 10.1. The van der Waals surface area contributed by atoms with Crippen molar-refractivity contribution >= 4 is 11.2 Å². The minimum absolute atomic E-state index is 0.230. The zero-order valence-corrected chi connectivity index (χ0v) is 14.6. The van der Waals surface area contributed by atoms with Crippen LogP contribution in [0.3, 0.4) is 0 Å². The van der Waals surface area contributed by atoms with Gasteiger partial charge in [0.05, 0.1) is 30.8 Å². The number of hydrogen-bond acceptors (Lipinski definition) is 4. The van der Waals surface area contributed by atoms with Crippen LogP contribution >= 0.6 is 0 Å². The topological polar surface area (TPSA) is 83.7 Å². The van der Waals surface area contributed by atoms with E-state index in [0.717, 1.165) is 28.0 Å². The van der Waals surface area contributed by atoms with Crippen molar-refractivity contribution in [1.29, 1.82) is 5.26 Å². The Balaban J connectivity index is 1.77. The summed E-state index contributed by atoms with van der Waals surface area (Å²) in [7, 11) is 1.63. The van der Waals surface area contributed by atoms with Gasteiger partial charge >= 0.3 is 5.69 Å². The number of hydrogen-bond donors (Lipinski definition) is 1. The highest BCUT2D eigenvalue weighted by molar-refractivity contribution is 5.78. The molecule has 0 saturated carbocycles. The number of fused-ring (bicyclic) bond motifs is 1. The zero-order valence-electron chi connectivity index (χ0n) is 14.6. The molecule has 0 aliphatic rings. The van der Waals surface area contributed by atoms with Gasteiger partial charge in [-0.3, -0.25) is 9.55 Å². The Morgan fingerprint density at radius 2 is 1.96 bits per heavy atom. The summed E-state index contributed by atoms with van der Waals surface area (Å²) in [6, 6.07) is 19.0. The SMILES string of the molecule is COc1ccc(-c2cnc3[nH]c(=O)n(Cc4cccc(C#N)c4)c3c2)cc1. The van der Waals surface area contributed by atoms with E-state index in [1.54, 1.807) is 30.0 Å². The molecular formula is C21H16N4O2. The number of nitrogens with zero attached hydrogens (tertiary/aromatic N) is 3. The van der Waals surface area contributed by atoms with E-state index in [0.29, 0.717) is 17.8 Å². The molecule has 0 radical (unpaired) electrons. The van der Waals surface area contributed by atoms with E-state index in [4.69, 9.17) is 10.00 Å². The van der Waals surface area contributed by atoms with Crippen LogP contribution in [0.1, 0.15) is 11.1 Å². The van der Waals surface area contributed by atoms with Crippen LogP contribution < -0.4 is 10.4 Å². The van der Waals surface area contributed by atoms with Crippen LogP contribution in [0.4, 0.5) is 0 Å². The Morgan fingerprint density at radius 1 is 1.15 bits per heavy atom. The minimum atomic E-state index is -0.230. The highest BCUT2D eigenvalue weighted by atomic mass is 16.5. The average molecular weight is 356 g/mol. The maximum Gasteiger partial charge on any atom is 0.327 e. The van der Waals surface area contributed by atoms with Gasteiger partial charge in [0.1, 0.15) is 5.75 Å². The first-order valence-corrected chi connectivity index (χ1v) is 8.40. The number of rotatable bonds is 4. The van der Waals surface area contributed by atoms with E-state index in [1.807, 2.05) is 42.5 Å². The molecule has 2 aromatic carbocycles. The lowest BCUT2D eigenvalue weighted by Gasteiger charge is -2.06. The second-order valence-corrected chi connectivity index (χ2v) is 6.15.